The lowest BCUT2D eigenvalue weighted by molar-refractivity contribution is 0.578. The molecule has 0 radical (unpaired) electrons. The van der Waals surface area contributed by atoms with Gasteiger partial charge in [-0.15, -0.1) is 0 Å². The minimum Gasteiger partial charge on any atom is -0.279 e. The van der Waals surface area contributed by atoms with E-state index in [4.69, 9.17) is 5.14 Å². The van der Waals surface area contributed by atoms with E-state index in [-0.39, 0.29) is 5.69 Å². The summed E-state index contributed by atoms with van der Waals surface area (Å²) in [5.41, 5.74) is -0.818. The normalized spacial score (nSPS) is 12.5. The highest BCUT2D eigenvalue weighted by Gasteiger charge is 2.17. The molecule has 3 N–H and O–H groups in total. The van der Waals surface area contributed by atoms with E-state index in [1.807, 2.05) is 4.72 Å². The van der Waals surface area contributed by atoms with Crippen molar-refractivity contribution in [2.24, 2.45) is 5.14 Å². The van der Waals surface area contributed by atoms with Crippen molar-refractivity contribution < 1.29 is 25.6 Å². The summed E-state index contributed by atoms with van der Waals surface area (Å²) in [5, 5.41) is 5.52. The summed E-state index contributed by atoms with van der Waals surface area (Å²) in [6.07, 6.45) is 0.729. The second-order valence-electron chi connectivity index (χ2n) is 4.63. The van der Waals surface area contributed by atoms with Gasteiger partial charge in [-0.1, -0.05) is 18.2 Å². The van der Waals surface area contributed by atoms with Crippen LogP contribution in [0.15, 0.2) is 52.8 Å². The number of hydrogen-bond donors (Lipinski definition) is 2. The second kappa shape index (κ2) is 6.67. The molecule has 0 aliphatic rings. The van der Waals surface area contributed by atoms with Crippen LogP contribution >= 0.6 is 0 Å². The van der Waals surface area contributed by atoms with Crippen LogP contribution in [0.25, 0.3) is 6.08 Å². The molecule has 0 saturated heterocycles. The lowest BCUT2D eigenvalue weighted by Crippen LogP contribution is -2.17. The number of primary sulfonamides is 1. The highest BCUT2D eigenvalue weighted by molar-refractivity contribution is 7.95. The number of benzene rings is 2. The van der Waals surface area contributed by atoms with Gasteiger partial charge in [-0.3, -0.25) is 4.72 Å². The third kappa shape index (κ3) is 4.37. The minimum absolute atomic E-state index is 0.279. The lowest BCUT2D eigenvalue weighted by Gasteiger charge is -2.09. The van der Waals surface area contributed by atoms with E-state index in [0.29, 0.717) is 5.41 Å². The molecule has 0 aliphatic carbocycles. The molecule has 10 heteroatoms. The van der Waals surface area contributed by atoms with E-state index >= 15 is 0 Å². The van der Waals surface area contributed by atoms with Crippen molar-refractivity contribution in [2.45, 2.75) is 4.90 Å². The Kier molecular flexibility index (Phi) is 5.02. The average molecular weight is 374 g/mol. The Morgan fingerprint density at radius 2 is 1.50 bits per heavy atom. The molecule has 0 aromatic heterocycles. The van der Waals surface area contributed by atoms with Crippen LogP contribution in [0.1, 0.15) is 5.56 Å². The lowest BCUT2D eigenvalue weighted by atomic mass is 10.2. The summed E-state index contributed by atoms with van der Waals surface area (Å²) in [7, 11) is -8.39. The maximum Gasteiger partial charge on any atom is 0.255 e. The maximum atomic E-state index is 13.5. The van der Waals surface area contributed by atoms with E-state index in [1.165, 1.54) is 18.2 Å². The fraction of sp³-hybridized carbons (Fsp3) is 0. The Bertz CT molecular complexity index is 983. The topological polar surface area (TPSA) is 106 Å². The number of hydrogen-bond acceptors (Lipinski definition) is 4. The van der Waals surface area contributed by atoms with Crippen molar-refractivity contribution in [3.63, 3.8) is 0 Å². The van der Waals surface area contributed by atoms with E-state index in [1.54, 1.807) is 0 Å². The Morgan fingerprint density at radius 1 is 0.917 bits per heavy atom. The van der Waals surface area contributed by atoms with Crippen molar-refractivity contribution in [3.05, 3.63) is 65.1 Å². The second-order valence-corrected chi connectivity index (χ2v) is 7.72. The zero-order chi connectivity index (χ0) is 18.0. The standard InChI is InChI=1S/C14H12F2N2O4S2/c15-11-4-3-5-12(16)10(11)8-9-23(19,20)18-13-6-1-2-7-14(13)24(17,21)22/h1-9,18H,(H2,17,21,22). The van der Waals surface area contributed by atoms with Crippen LogP contribution in [0, 0.1) is 11.6 Å². The van der Waals surface area contributed by atoms with Gasteiger partial charge >= 0.3 is 0 Å². The van der Waals surface area contributed by atoms with Crippen LogP contribution in [-0.2, 0) is 20.0 Å². The first-order chi connectivity index (χ1) is 11.1. The summed E-state index contributed by atoms with van der Waals surface area (Å²) in [4.78, 5) is -0.431. The van der Waals surface area contributed by atoms with Gasteiger partial charge in [-0.2, -0.15) is 0 Å². The summed E-state index contributed by atoms with van der Waals surface area (Å²) < 4.78 is 75.8. The Labute approximate surface area is 137 Å². The van der Waals surface area contributed by atoms with Crippen LogP contribution in [0.3, 0.4) is 0 Å². The summed E-state index contributed by atoms with van der Waals surface area (Å²) in [6, 6.07) is 8.15. The molecule has 0 unspecified atom stereocenters. The first-order valence-electron chi connectivity index (χ1n) is 6.37. The Balaban J connectivity index is 2.36. The van der Waals surface area contributed by atoms with Gasteiger partial charge in [0.05, 0.1) is 11.1 Å². The number of anilines is 1. The number of sulfonamides is 2. The van der Waals surface area contributed by atoms with Crippen molar-refractivity contribution in [1.82, 2.24) is 0 Å². The average Bonchev–Trinajstić information content (AvgIpc) is 2.45. The van der Waals surface area contributed by atoms with Gasteiger partial charge < -0.3 is 0 Å². The first-order valence-corrected chi connectivity index (χ1v) is 9.46. The highest BCUT2D eigenvalue weighted by atomic mass is 32.2. The molecule has 128 valence electrons. The summed E-state index contributed by atoms with van der Waals surface area (Å²) in [5.74, 6) is -1.88. The number of halogens is 2. The number of nitrogens with two attached hydrogens (primary N) is 1. The van der Waals surface area contributed by atoms with Gasteiger partial charge in [-0.25, -0.2) is 30.8 Å². The summed E-state index contributed by atoms with van der Waals surface area (Å²) in [6.45, 7) is 0. The van der Waals surface area contributed by atoms with Crippen LogP contribution in [0.2, 0.25) is 0 Å². The molecule has 0 atom stereocenters. The third-order valence-corrected chi connectivity index (χ3v) is 4.83. The molecule has 6 nitrogen and oxygen atoms in total. The van der Waals surface area contributed by atoms with Crippen molar-refractivity contribution in [3.8, 4) is 0 Å². The molecular formula is C14H12F2N2O4S2. The van der Waals surface area contributed by atoms with Crippen molar-refractivity contribution >= 4 is 31.8 Å². The van der Waals surface area contributed by atoms with E-state index in [2.05, 4.69) is 0 Å². The van der Waals surface area contributed by atoms with Gasteiger partial charge in [0.15, 0.2) is 0 Å². The predicted octanol–water partition coefficient (Wildman–Crippen LogP) is 2.02. The van der Waals surface area contributed by atoms with E-state index < -0.39 is 42.1 Å². The molecule has 0 amide bonds. The quantitative estimate of drug-likeness (QED) is 0.835. The number of rotatable bonds is 5. The molecule has 2 aromatic rings. The number of para-hydroxylation sites is 1. The van der Waals surface area contributed by atoms with Crippen LogP contribution < -0.4 is 9.86 Å². The molecule has 2 rings (SSSR count). The SMILES string of the molecule is NS(=O)(=O)c1ccccc1NS(=O)(=O)C=Cc1c(F)cccc1F. The molecule has 0 heterocycles. The zero-order valence-corrected chi connectivity index (χ0v) is 13.6. The van der Waals surface area contributed by atoms with Crippen LogP contribution in [0.5, 0.6) is 0 Å². The van der Waals surface area contributed by atoms with Crippen molar-refractivity contribution in [1.29, 1.82) is 0 Å². The summed E-state index contributed by atoms with van der Waals surface area (Å²) >= 11 is 0. The smallest absolute Gasteiger partial charge is 0.255 e. The Morgan fingerprint density at radius 3 is 2.08 bits per heavy atom. The predicted molar refractivity (Wildman–Crippen MR) is 85.7 cm³/mol. The van der Waals surface area contributed by atoms with Crippen LogP contribution in [0.4, 0.5) is 14.5 Å². The van der Waals surface area contributed by atoms with Crippen LogP contribution in [-0.4, -0.2) is 16.8 Å². The zero-order valence-electron chi connectivity index (χ0n) is 12.0. The van der Waals surface area contributed by atoms with Gasteiger partial charge in [0.2, 0.25) is 10.0 Å². The molecular weight excluding hydrogens is 362 g/mol. The molecule has 0 spiro atoms. The van der Waals surface area contributed by atoms with Gasteiger partial charge in [-0.05, 0) is 30.3 Å². The van der Waals surface area contributed by atoms with E-state index in [9.17, 15) is 25.6 Å². The maximum absolute atomic E-state index is 13.5. The molecule has 0 bridgehead atoms. The fourth-order valence-electron chi connectivity index (χ4n) is 1.81. The molecule has 0 aliphatic heterocycles. The third-order valence-electron chi connectivity index (χ3n) is 2.86. The first kappa shape index (κ1) is 18.0. The minimum atomic E-state index is -4.23. The van der Waals surface area contributed by atoms with Crippen molar-refractivity contribution in [2.75, 3.05) is 4.72 Å². The Hall–Kier alpha value is -2.30. The van der Waals surface area contributed by atoms with Gasteiger partial charge in [0, 0.05) is 5.56 Å². The molecule has 0 saturated carbocycles. The van der Waals surface area contributed by atoms with Gasteiger partial charge in [0.25, 0.3) is 10.0 Å². The molecule has 24 heavy (non-hydrogen) atoms. The van der Waals surface area contributed by atoms with E-state index in [0.717, 1.165) is 30.3 Å². The van der Waals surface area contributed by atoms with Gasteiger partial charge in [0.1, 0.15) is 16.5 Å². The largest absolute Gasteiger partial charge is 0.279 e. The molecule has 0 fully saturated rings. The fourth-order valence-corrected chi connectivity index (χ4v) is 3.44. The highest BCUT2D eigenvalue weighted by Crippen LogP contribution is 2.21. The monoisotopic (exact) mass is 374 g/mol. The molecule has 2 aromatic carbocycles. The number of nitrogens with one attached hydrogen (secondary N) is 1.